The fourth-order valence-electron chi connectivity index (χ4n) is 1.19. The number of rotatable bonds is 3. The predicted octanol–water partition coefficient (Wildman–Crippen LogP) is 1.39. The zero-order valence-corrected chi connectivity index (χ0v) is 10.9. The summed E-state index contributed by atoms with van der Waals surface area (Å²) >= 11 is 0. The third-order valence-electron chi connectivity index (χ3n) is 1.98. The average Bonchev–Trinajstić information content (AvgIpc) is 2.36. The van der Waals surface area contributed by atoms with Crippen molar-refractivity contribution < 1.29 is 23.1 Å². The van der Waals surface area contributed by atoms with Crippen LogP contribution in [-0.4, -0.2) is 24.3 Å². The van der Waals surface area contributed by atoms with E-state index in [-0.39, 0.29) is 12.3 Å². The molecule has 0 aromatic heterocycles. The minimum Gasteiger partial charge on any atom is -0.460 e. The summed E-state index contributed by atoms with van der Waals surface area (Å²) in [6.45, 7) is 2.84. The molecule has 0 radical (unpaired) electrons. The number of nitrogens with zero attached hydrogens (tertiary/aromatic N) is 1. The number of amidine groups is 1. The number of halogens is 2. The van der Waals surface area contributed by atoms with E-state index < -0.39 is 29.3 Å². The van der Waals surface area contributed by atoms with Gasteiger partial charge in [0, 0.05) is 13.0 Å². The van der Waals surface area contributed by atoms with Gasteiger partial charge >= 0.3 is 5.97 Å². The summed E-state index contributed by atoms with van der Waals surface area (Å²) in [5, 5.41) is 5.68. The van der Waals surface area contributed by atoms with Crippen molar-refractivity contribution in [3.05, 3.63) is 29.8 Å². The molecule has 1 aromatic carbocycles. The Morgan fingerprint density at radius 3 is 2.60 bits per heavy atom. The second-order valence-electron chi connectivity index (χ2n) is 3.60. The lowest BCUT2D eigenvalue weighted by Gasteiger charge is -2.07. The van der Waals surface area contributed by atoms with Gasteiger partial charge in [-0.3, -0.25) is 10.2 Å². The second-order valence-corrected chi connectivity index (χ2v) is 3.60. The Bertz CT molecular complexity index is 547. The maximum Gasteiger partial charge on any atom is 0.376 e. The number of nitrogens with one attached hydrogen (secondary N) is 2. The van der Waals surface area contributed by atoms with Gasteiger partial charge < -0.3 is 10.1 Å². The van der Waals surface area contributed by atoms with Crippen LogP contribution >= 0.6 is 0 Å². The van der Waals surface area contributed by atoms with E-state index in [1.54, 1.807) is 6.92 Å². The van der Waals surface area contributed by atoms with Crippen LogP contribution in [0.5, 0.6) is 0 Å². The summed E-state index contributed by atoms with van der Waals surface area (Å²) in [5.41, 5.74) is 2.06. The number of carbonyl (C=O) groups is 2. The van der Waals surface area contributed by atoms with E-state index in [0.717, 1.165) is 12.1 Å². The molecule has 1 aromatic rings. The van der Waals surface area contributed by atoms with Crippen LogP contribution in [0, 0.1) is 11.6 Å². The SMILES string of the molecule is CCOC(=O)/C(=N\Nc1ccc(F)cc1F)NC(C)=O. The molecule has 0 saturated heterocycles. The Hall–Kier alpha value is -2.51. The third kappa shape index (κ3) is 4.63. The summed E-state index contributed by atoms with van der Waals surface area (Å²) in [5.74, 6) is -3.48. The van der Waals surface area contributed by atoms with E-state index in [4.69, 9.17) is 0 Å². The van der Waals surface area contributed by atoms with Crippen molar-refractivity contribution in [1.29, 1.82) is 0 Å². The van der Waals surface area contributed by atoms with E-state index in [9.17, 15) is 18.4 Å². The van der Waals surface area contributed by atoms with Crippen LogP contribution < -0.4 is 10.7 Å². The number of anilines is 1. The highest BCUT2D eigenvalue weighted by Gasteiger charge is 2.14. The van der Waals surface area contributed by atoms with Crippen molar-refractivity contribution in [2.75, 3.05) is 12.0 Å². The summed E-state index contributed by atoms with van der Waals surface area (Å²) < 4.78 is 30.7. The second kappa shape index (κ2) is 7.17. The van der Waals surface area contributed by atoms with Crippen molar-refractivity contribution in [2.24, 2.45) is 5.10 Å². The molecule has 8 heteroatoms. The van der Waals surface area contributed by atoms with E-state index >= 15 is 0 Å². The first-order valence-electron chi connectivity index (χ1n) is 5.67. The number of carbonyl (C=O) groups excluding carboxylic acids is 2. The number of ether oxygens (including phenoxy) is 1. The van der Waals surface area contributed by atoms with Crippen LogP contribution in [0.1, 0.15) is 13.8 Å². The standard InChI is InChI=1S/C12H13F2N3O3/c1-3-20-12(19)11(15-7(2)18)17-16-10-5-4-8(13)6-9(10)14/h4-6,16H,3H2,1-2H3,(H,15,17,18). The monoisotopic (exact) mass is 285 g/mol. The molecule has 20 heavy (non-hydrogen) atoms. The Labute approximate surface area is 113 Å². The normalized spacial score (nSPS) is 10.9. The molecule has 0 aliphatic heterocycles. The zero-order valence-electron chi connectivity index (χ0n) is 10.9. The van der Waals surface area contributed by atoms with Gasteiger partial charge in [0.2, 0.25) is 11.7 Å². The average molecular weight is 285 g/mol. The molecule has 0 saturated carbocycles. The molecular weight excluding hydrogens is 272 g/mol. The smallest absolute Gasteiger partial charge is 0.376 e. The van der Waals surface area contributed by atoms with Gasteiger partial charge in [-0.25, -0.2) is 13.6 Å². The van der Waals surface area contributed by atoms with Gasteiger partial charge in [-0.2, -0.15) is 0 Å². The zero-order chi connectivity index (χ0) is 15.1. The largest absolute Gasteiger partial charge is 0.460 e. The maximum atomic E-state index is 13.3. The topological polar surface area (TPSA) is 79.8 Å². The lowest BCUT2D eigenvalue weighted by atomic mass is 10.3. The molecule has 0 unspecified atom stereocenters. The molecule has 1 rings (SSSR count). The molecule has 0 atom stereocenters. The van der Waals surface area contributed by atoms with Gasteiger partial charge in [-0.1, -0.05) is 0 Å². The molecule has 108 valence electrons. The van der Waals surface area contributed by atoms with Gasteiger partial charge in [0.15, 0.2) is 5.82 Å². The van der Waals surface area contributed by atoms with E-state index in [1.807, 2.05) is 0 Å². The Balaban J connectivity index is 2.90. The van der Waals surface area contributed by atoms with Gasteiger partial charge in [-0.15, -0.1) is 5.10 Å². The Kier molecular flexibility index (Phi) is 5.57. The first-order chi connectivity index (χ1) is 9.43. The summed E-state index contributed by atoms with van der Waals surface area (Å²) in [7, 11) is 0. The van der Waals surface area contributed by atoms with E-state index in [0.29, 0.717) is 6.07 Å². The first-order valence-corrected chi connectivity index (χ1v) is 5.67. The fraction of sp³-hybridized carbons (Fsp3) is 0.250. The highest BCUT2D eigenvalue weighted by molar-refractivity contribution is 6.38. The lowest BCUT2D eigenvalue weighted by molar-refractivity contribution is -0.136. The van der Waals surface area contributed by atoms with E-state index in [2.05, 4.69) is 20.6 Å². The summed E-state index contributed by atoms with van der Waals surface area (Å²) in [6, 6.07) is 2.77. The summed E-state index contributed by atoms with van der Waals surface area (Å²) in [6.07, 6.45) is 0. The molecule has 0 heterocycles. The van der Waals surface area contributed by atoms with Gasteiger partial charge in [0.1, 0.15) is 5.82 Å². The van der Waals surface area contributed by atoms with Crippen molar-refractivity contribution in [1.82, 2.24) is 5.32 Å². The van der Waals surface area contributed by atoms with Crippen LogP contribution in [-0.2, 0) is 14.3 Å². The van der Waals surface area contributed by atoms with Crippen LogP contribution in [0.25, 0.3) is 0 Å². The highest BCUT2D eigenvalue weighted by atomic mass is 19.1. The van der Waals surface area contributed by atoms with Crippen LogP contribution in [0.4, 0.5) is 14.5 Å². The predicted molar refractivity (Wildman–Crippen MR) is 67.9 cm³/mol. The van der Waals surface area contributed by atoms with Crippen LogP contribution in [0.2, 0.25) is 0 Å². The quantitative estimate of drug-likeness (QED) is 0.381. The maximum absolute atomic E-state index is 13.3. The number of hydrogen-bond donors (Lipinski definition) is 2. The Morgan fingerprint density at radius 1 is 1.35 bits per heavy atom. The van der Waals surface area contributed by atoms with Crippen LogP contribution in [0.3, 0.4) is 0 Å². The van der Waals surface area contributed by atoms with Crippen molar-refractivity contribution in [2.45, 2.75) is 13.8 Å². The van der Waals surface area contributed by atoms with E-state index in [1.165, 1.54) is 6.92 Å². The molecular formula is C12H13F2N3O3. The van der Waals surface area contributed by atoms with Gasteiger partial charge in [-0.05, 0) is 19.1 Å². The number of esters is 1. The van der Waals surface area contributed by atoms with Crippen LogP contribution in [0.15, 0.2) is 23.3 Å². The number of hydrazone groups is 1. The number of amides is 1. The van der Waals surface area contributed by atoms with Gasteiger partial charge in [0.05, 0.1) is 12.3 Å². The summed E-state index contributed by atoms with van der Waals surface area (Å²) in [4.78, 5) is 22.4. The van der Waals surface area contributed by atoms with Crippen molar-refractivity contribution in [3.8, 4) is 0 Å². The minimum absolute atomic E-state index is 0.0857. The molecule has 1 amide bonds. The first kappa shape index (κ1) is 15.5. The highest BCUT2D eigenvalue weighted by Crippen LogP contribution is 2.14. The fourth-order valence-corrected chi connectivity index (χ4v) is 1.19. The lowest BCUT2D eigenvalue weighted by Crippen LogP contribution is -2.36. The number of benzene rings is 1. The molecule has 0 aliphatic carbocycles. The van der Waals surface area contributed by atoms with Gasteiger partial charge in [0.25, 0.3) is 0 Å². The number of hydrogen-bond acceptors (Lipinski definition) is 5. The van der Waals surface area contributed by atoms with Crippen molar-refractivity contribution >= 4 is 23.4 Å². The molecule has 2 N–H and O–H groups in total. The molecule has 0 fully saturated rings. The molecule has 0 spiro atoms. The Morgan fingerprint density at radius 2 is 2.05 bits per heavy atom. The molecule has 6 nitrogen and oxygen atoms in total. The van der Waals surface area contributed by atoms with Crippen molar-refractivity contribution in [3.63, 3.8) is 0 Å². The minimum atomic E-state index is -0.889. The third-order valence-corrected chi connectivity index (χ3v) is 1.98. The molecule has 0 bridgehead atoms. The molecule has 0 aliphatic rings.